The van der Waals surface area contributed by atoms with Crippen LogP contribution in [0.1, 0.15) is 18.5 Å². The van der Waals surface area contributed by atoms with Crippen LogP contribution in [0.15, 0.2) is 24.3 Å². The van der Waals surface area contributed by atoms with Crippen molar-refractivity contribution in [3.63, 3.8) is 0 Å². The molecule has 0 aliphatic heterocycles. The fraction of sp³-hybridized carbons (Fsp3) is 0.143. The third-order valence-electron chi connectivity index (χ3n) is 2.90. The molecule has 2 rings (SSSR count). The molecule has 2 aromatic rings. The summed E-state index contributed by atoms with van der Waals surface area (Å²) in [5.41, 5.74) is 0.678. The molecular formula is C14H9Cl3F3N. The molecule has 0 saturated heterocycles. The monoisotopic (exact) mass is 353 g/mol. The molecule has 0 amide bonds. The van der Waals surface area contributed by atoms with Crippen LogP contribution in [0, 0.1) is 17.5 Å². The number of hydrogen-bond donors (Lipinski definition) is 1. The van der Waals surface area contributed by atoms with Gasteiger partial charge in [-0.05, 0) is 18.6 Å². The second kappa shape index (κ2) is 6.34. The average Bonchev–Trinajstić information content (AvgIpc) is 2.42. The van der Waals surface area contributed by atoms with Crippen LogP contribution >= 0.6 is 34.8 Å². The maximum atomic E-state index is 13.2. The Labute approximate surface area is 134 Å². The highest BCUT2D eigenvalue weighted by molar-refractivity contribution is 6.48. The van der Waals surface area contributed by atoms with E-state index >= 15 is 0 Å². The Morgan fingerprint density at radius 2 is 1.52 bits per heavy atom. The Morgan fingerprint density at radius 1 is 0.952 bits per heavy atom. The predicted octanol–water partition coefficient (Wildman–Crippen LogP) is 6.24. The third kappa shape index (κ3) is 3.39. The molecule has 0 fully saturated rings. The Hall–Kier alpha value is -1.10. The van der Waals surface area contributed by atoms with Crippen molar-refractivity contribution < 1.29 is 13.2 Å². The molecule has 0 bridgehead atoms. The lowest BCUT2D eigenvalue weighted by atomic mass is 10.1. The van der Waals surface area contributed by atoms with Crippen molar-refractivity contribution in [2.75, 3.05) is 5.32 Å². The lowest BCUT2D eigenvalue weighted by Gasteiger charge is -2.18. The molecule has 1 atom stereocenters. The highest BCUT2D eigenvalue weighted by Crippen LogP contribution is 2.36. The van der Waals surface area contributed by atoms with Gasteiger partial charge in [-0.1, -0.05) is 40.9 Å². The Kier molecular flexibility index (Phi) is 4.91. The fourth-order valence-electron chi connectivity index (χ4n) is 1.84. The van der Waals surface area contributed by atoms with Gasteiger partial charge in [-0.2, -0.15) is 0 Å². The molecular weight excluding hydrogens is 346 g/mol. The largest absolute Gasteiger partial charge is 0.378 e. The maximum absolute atomic E-state index is 13.2. The fourth-order valence-corrected chi connectivity index (χ4v) is 2.55. The quantitative estimate of drug-likeness (QED) is 0.644. The average molecular weight is 355 g/mol. The molecule has 0 aromatic heterocycles. The van der Waals surface area contributed by atoms with Crippen LogP contribution in [0.3, 0.4) is 0 Å². The van der Waals surface area contributed by atoms with Gasteiger partial charge in [0.15, 0.2) is 17.5 Å². The molecule has 0 aliphatic carbocycles. The van der Waals surface area contributed by atoms with Crippen LogP contribution in [-0.2, 0) is 0 Å². The number of halogens is 6. The zero-order valence-electron chi connectivity index (χ0n) is 10.7. The SMILES string of the molecule is CC(Nc1cc(F)c(F)c(F)c1)c1ccc(Cl)c(Cl)c1Cl. The summed E-state index contributed by atoms with van der Waals surface area (Å²) in [6.45, 7) is 1.71. The van der Waals surface area contributed by atoms with E-state index in [0.717, 1.165) is 12.1 Å². The van der Waals surface area contributed by atoms with Gasteiger partial charge < -0.3 is 5.32 Å². The number of rotatable bonds is 3. The molecule has 1 unspecified atom stereocenters. The molecule has 0 aliphatic rings. The first-order chi connectivity index (χ1) is 9.81. The van der Waals surface area contributed by atoms with E-state index in [0.29, 0.717) is 10.6 Å². The molecule has 0 spiro atoms. The van der Waals surface area contributed by atoms with Crippen molar-refractivity contribution >= 4 is 40.5 Å². The van der Waals surface area contributed by atoms with Crippen LogP contribution in [0.5, 0.6) is 0 Å². The maximum Gasteiger partial charge on any atom is 0.194 e. The van der Waals surface area contributed by atoms with E-state index in [9.17, 15) is 13.2 Å². The highest BCUT2D eigenvalue weighted by atomic mass is 35.5. The normalized spacial score (nSPS) is 12.3. The molecule has 1 nitrogen and oxygen atoms in total. The Bertz CT molecular complexity index is 668. The van der Waals surface area contributed by atoms with Crippen molar-refractivity contribution in [3.05, 3.63) is 62.3 Å². The minimum Gasteiger partial charge on any atom is -0.378 e. The zero-order valence-corrected chi connectivity index (χ0v) is 12.9. The van der Waals surface area contributed by atoms with Crippen molar-refractivity contribution in [1.82, 2.24) is 0 Å². The lowest BCUT2D eigenvalue weighted by molar-refractivity contribution is 0.447. The predicted molar refractivity (Wildman–Crippen MR) is 79.8 cm³/mol. The zero-order chi connectivity index (χ0) is 15.7. The standard InChI is InChI=1S/C14H9Cl3F3N/c1-6(8-2-3-9(15)13(17)12(8)16)21-7-4-10(18)14(20)11(19)5-7/h2-6,21H,1H3. The van der Waals surface area contributed by atoms with E-state index in [1.54, 1.807) is 19.1 Å². The highest BCUT2D eigenvalue weighted by Gasteiger charge is 2.16. The molecule has 0 radical (unpaired) electrons. The number of benzene rings is 2. The molecule has 7 heteroatoms. The molecule has 0 saturated carbocycles. The van der Waals surface area contributed by atoms with Gasteiger partial charge in [0.1, 0.15) is 0 Å². The van der Waals surface area contributed by atoms with Gasteiger partial charge in [0, 0.05) is 17.8 Å². The van der Waals surface area contributed by atoms with E-state index in [4.69, 9.17) is 34.8 Å². The summed E-state index contributed by atoms with van der Waals surface area (Å²) in [5.74, 6) is -4.06. The summed E-state index contributed by atoms with van der Waals surface area (Å²) in [6.07, 6.45) is 0. The smallest absolute Gasteiger partial charge is 0.194 e. The molecule has 21 heavy (non-hydrogen) atoms. The summed E-state index contributed by atoms with van der Waals surface area (Å²) >= 11 is 17.9. The number of nitrogens with one attached hydrogen (secondary N) is 1. The summed E-state index contributed by atoms with van der Waals surface area (Å²) in [4.78, 5) is 0. The minimum absolute atomic E-state index is 0.0843. The van der Waals surface area contributed by atoms with Gasteiger partial charge in [-0.3, -0.25) is 0 Å². The minimum atomic E-state index is -1.51. The van der Waals surface area contributed by atoms with Crippen molar-refractivity contribution in [2.45, 2.75) is 13.0 Å². The van der Waals surface area contributed by atoms with Gasteiger partial charge in [-0.25, -0.2) is 13.2 Å². The van der Waals surface area contributed by atoms with Crippen molar-refractivity contribution in [2.24, 2.45) is 0 Å². The third-order valence-corrected chi connectivity index (χ3v) is 4.21. The van der Waals surface area contributed by atoms with Gasteiger partial charge in [-0.15, -0.1) is 0 Å². The van der Waals surface area contributed by atoms with Gasteiger partial charge >= 0.3 is 0 Å². The summed E-state index contributed by atoms with van der Waals surface area (Å²) in [6, 6.07) is 4.51. The van der Waals surface area contributed by atoms with E-state index < -0.39 is 23.5 Å². The molecule has 2 aromatic carbocycles. The van der Waals surface area contributed by atoms with Crippen molar-refractivity contribution in [3.8, 4) is 0 Å². The summed E-state index contributed by atoms with van der Waals surface area (Å²) < 4.78 is 39.2. The Balaban J connectivity index is 2.30. The van der Waals surface area contributed by atoms with E-state index in [1.165, 1.54) is 0 Å². The first kappa shape index (κ1) is 16.3. The van der Waals surface area contributed by atoms with Crippen molar-refractivity contribution in [1.29, 1.82) is 0 Å². The molecule has 112 valence electrons. The van der Waals surface area contributed by atoms with Crippen LogP contribution in [0.2, 0.25) is 15.1 Å². The number of anilines is 1. The first-order valence-corrected chi connectivity index (χ1v) is 6.99. The topological polar surface area (TPSA) is 12.0 Å². The molecule has 1 N–H and O–H groups in total. The van der Waals surface area contributed by atoms with Gasteiger partial charge in [0.05, 0.1) is 21.1 Å². The second-order valence-electron chi connectivity index (χ2n) is 4.38. The van der Waals surface area contributed by atoms with E-state index in [-0.39, 0.29) is 15.7 Å². The Morgan fingerprint density at radius 3 is 2.10 bits per heavy atom. The first-order valence-electron chi connectivity index (χ1n) is 5.85. The number of hydrogen-bond acceptors (Lipinski definition) is 1. The second-order valence-corrected chi connectivity index (χ2v) is 5.55. The van der Waals surface area contributed by atoms with Crippen LogP contribution in [0.4, 0.5) is 18.9 Å². The molecule has 0 heterocycles. The van der Waals surface area contributed by atoms with Gasteiger partial charge in [0.2, 0.25) is 0 Å². The van der Waals surface area contributed by atoms with E-state index in [2.05, 4.69) is 5.32 Å². The van der Waals surface area contributed by atoms with E-state index in [1.807, 2.05) is 0 Å². The lowest BCUT2D eigenvalue weighted by Crippen LogP contribution is -2.08. The van der Waals surface area contributed by atoms with Crippen LogP contribution < -0.4 is 5.32 Å². The van der Waals surface area contributed by atoms with Crippen LogP contribution in [0.25, 0.3) is 0 Å². The summed E-state index contributed by atoms with van der Waals surface area (Å²) in [5, 5.41) is 3.56. The van der Waals surface area contributed by atoms with Gasteiger partial charge in [0.25, 0.3) is 0 Å². The van der Waals surface area contributed by atoms with Crippen LogP contribution in [-0.4, -0.2) is 0 Å². The summed E-state index contributed by atoms with van der Waals surface area (Å²) in [7, 11) is 0.